The highest BCUT2D eigenvalue weighted by Crippen LogP contribution is 2.21. The Morgan fingerprint density at radius 3 is 2.52 bits per heavy atom. The van der Waals surface area contributed by atoms with Crippen molar-refractivity contribution in [3.05, 3.63) is 30.4 Å². The third kappa shape index (κ3) is 4.89. The van der Waals surface area contributed by atoms with Crippen molar-refractivity contribution in [2.75, 3.05) is 18.0 Å². The lowest BCUT2D eigenvalue weighted by molar-refractivity contribution is -0.191. The highest BCUT2D eigenvalue weighted by atomic mass is 16.5. The van der Waals surface area contributed by atoms with E-state index < -0.39 is 0 Å². The van der Waals surface area contributed by atoms with Crippen molar-refractivity contribution >= 4 is 12.2 Å². The van der Waals surface area contributed by atoms with Gasteiger partial charge in [0, 0.05) is 38.3 Å². The van der Waals surface area contributed by atoms with Crippen LogP contribution < -0.4 is 9.64 Å². The van der Waals surface area contributed by atoms with Crippen LogP contribution in [-0.2, 0) is 16.0 Å². The number of carbonyl (C=O) groups excluding carboxylic acids is 2. The van der Waals surface area contributed by atoms with Gasteiger partial charge in [0.1, 0.15) is 12.4 Å². The summed E-state index contributed by atoms with van der Waals surface area (Å²) in [5, 5.41) is 0. The molecule has 1 saturated heterocycles. The van der Waals surface area contributed by atoms with Gasteiger partial charge < -0.3 is 14.1 Å². The molecule has 8 nitrogen and oxygen atoms in total. The summed E-state index contributed by atoms with van der Waals surface area (Å²) in [5.41, 5.74) is 0.996. The maximum absolute atomic E-state index is 8.12. The van der Waals surface area contributed by atoms with Gasteiger partial charge in [-0.15, -0.1) is 0 Å². The van der Waals surface area contributed by atoms with Gasteiger partial charge in [0.05, 0.1) is 5.69 Å². The van der Waals surface area contributed by atoms with E-state index in [1.54, 1.807) is 24.7 Å². The Hall–Kier alpha value is -2.73. The molecule has 2 aromatic heterocycles. The van der Waals surface area contributed by atoms with Gasteiger partial charge in [-0.05, 0) is 12.5 Å². The maximum atomic E-state index is 8.12. The number of aryl methyl sites for hydroxylation is 1. The summed E-state index contributed by atoms with van der Waals surface area (Å²) < 4.78 is 11.3. The van der Waals surface area contributed by atoms with Crippen molar-refractivity contribution in [3.63, 3.8) is 0 Å². The van der Waals surface area contributed by atoms with Crippen molar-refractivity contribution in [3.8, 4) is 6.01 Å². The first kappa shape index (κ1) is 16.6. The van der Waals surface area contributed by atoms with E-state index in [9.17, 15) is 0 Å². The van der Waals surface area contributed by atoms with E-state index >= 15 is 0 Å². The molecule has 0 aliphatic carbocycles. The number of aromatic nitrogens is 3. The third-order valence-electron chi connectivity index (χ3n) is 3.43. The molecule has 122 valence electrons. The highest BCUT2D eigenvalue weighted by Gasteiger charge is 2.23. The molecule has 8 heteroatoms. The van der Waals surface area contributed by atoms with Crippen LogP contribution in [0, 0.1) is 0 Å². The number of ether oxygens (including phenoxy) is 1. The number of oxazole rings is 1. The summed E-state index contributed by atoms with van der Waals surface area (Å²) in [5.74, 6) is 0. The smallest absolute Gasteiger partial charge is 0.373 e. The predicted molar refractivity (Wildman–Crippen MR) is 78.8 cm³/mol. The standard InChI is InChI=1S/C14H18N4O2.CO2/c1-2-11-10-19-14(17-11)18-8-4-12(5-9-18)20-13-15-6-3-7-16-13;2-1-3/h3,6-7,10,12H,2,4-5,8-9H2,1H3;. The number of hydrogen-bond donors (Lipinski definition) is 0. The van der Waals surface area contributed by atoms with Crippen LogP contribution in [0.1, 0.15) is 25.5 Å². The Kier molecular flexibility index (Phi) is 6.26. The summed E-state index contributed by atoms with van der Waals surface area (Å²) >= 11 is 0. The second kappa shape index (κ2) is 8.65. The first-order valence-corrected chi connectivity index (χ1v) is 7.39. The second-order valence-electron chi connectivity index (χ2n) is 4.89. The zero-order valence-corrected chi connectivity index (χ0v) is 12.8. The predicted octanol–water partition coefficient (Wildman–Crippen LogP) is 1.49. The molecule has 23 heavy (non-hydrogen) atoms. The van der Waals surface area contributed by atoms with Crippen LogP contribution in [0.15, 0.2) is 29.1 Å². The van der Waals surface area contributed by atoms with Crippen LogP contribution in [0.25, 0.3) is 0 Å². The topological polar surface area (TPSA) is 98.4 Å². The molecule has 0 saturated carbocycles. The molecule has 0 N–H and O–H groups in total. The molecule has 1 fully saturated rings. The molecule has 2 aromatic rings. The minimum atomic E-state index is 0.161. The van der Waals surface area contributed by atoms with E-state index in [-0.39, 0.29) is 12.3 Å². The Morgan fingerprint density at radius 2 is 1.96 bits per heavy atom. The van der Waals surface area contributed by atoms with Gasteiger partial charge in [-0.2, -0.15) is 14.6 Å². The SMILES string of the molecule is CCc1coc(N2CCC(Oc3ncccn3)CC2)n1.O=C=O. The van der Waals surface area contributed by atoms with Crippen molar-refractivity contribution in [1.29, 1.82) is 0 Å². The number of hydrogen-bond acceptors (Lipinski definition) is 8. The molecule has 3 heterocycles. The fraction of sp³-hybridized carbons (Fsp3) is 0.467. The van der Waals surface area contributed by atoms with E-state index in [2.05, 4.69) is 26.8 Å². The normalized spacial score (nSPS) is 14.6. The van der Waals surface area contributed by atoms with Crippen LogP contribution in [0.2, 0.25) is 0 Å². The minimum absolute atomic E-state index is 0.161. The summed E-state index contributed by atoms with van der Waals surface area (Å²) in [6, 6.07) is 2.95. The van der Waals surface area contributed by atoms with Crippen LogP contribution in [0.5, 0.6) is 6.01 Å². The summed E-state index contributed by atoms with van der Waals surface area (Å²) in [6.45, 7) is 3.82. The molecule has 1 aliphatic rings. The van der Waals surface area contributed by atoms with Gasteiger partial charge in [-0.3, -0.25) is 0 Å². The first-order chi connectivity index (χ1) is 11.3. The highest BCUT2D eigenvalue weighted by molar-refractivity contribution is 5.27. The number of nitrogens with zero attached hydrogens (tertiary/aromatic N) is 4. The van der Waals surface area contributed by atoms with Crippen LogP contribution in [0.3, 0.4) is 0 Å². The lowest BCUT2D eigenvalue weighted by Gasteiger charge is -2.30. The average molecular weight is 318 g/mol. The minimum Gasteiger partial charge on any atom is -0.460 e. The third-order valence-corrected chi connectivity index (χ3v) is 3.43. The Balaban J connectivity index is 0.000000595. The largest absolute Gasteiger partial charge is 0.460 e. The number of rotatable bonds is 4. The molecule has 0 spiro atoms. The van der Waals surface area contributed by atoms with Gasteiger partial charge in [-0.25, -0.2) is 9.97 Å². The van der Waals surface area contributed by atoms with Crippen molar-refractivity contribution in [2.24, 2.45) is 0 Å². The molecule has 0 aromatic carbocycles. The van der Waals surface area contributed by atoms with Crippen molar-refractivity contribution < 1.29 is 18.7 Å². The molecule has 0 atom stereocenters. The lowest BCUT2D eigenvalue weighted by Crippen LogP contribution is -2.38. The monoisotopic (exact) mass is 318 g/mol. The molecule has 3 rings (SSSR count). The molecule has 0 radical (unpaired) electrons. The lowest BCUT2D eigenvalue weighted by atomic mass is 10.1. The fourth-order valence-corrected chi connectivity index (χ4v) is 2.26. The number of piperidine rings is 1. The zero-order valence-electron chi connectivity index (χ0n) is 12.8. The van der Waals surface area contributed by atoms with Crippen LogP contribution >= 0.6 is 0 Å². The van der Waals surface area contributed by atoms with E-state index in [1.165, 1.54) is 0 Å². The van der Waals surface area contributed by atoms with Gasteiger partial charge in [0.15, 0.2) is 0 Å². The summed E-state index contributed by atoms with van der Waals surface area (Å²) in [6.07, 6.45) is 8.26. The molecule has 0 bridgehead atoms. The first-order valence-electron chi connectivity index (χ1n) is 7.39. The van der Waals surface area contributed by atoms with E-state index in [4.69, 9.17) is 18.7 Å². The molecule has 1 aliphatic heterocycles. The van der Waals surface area contributed by atoms with Crippen molar-refractivity contribution in [1.82, 2.24) is 15.0 Å². The summed E-state index contributed by atoms with van der Waals surface area (Å²) in [4.78, 5) is 31.0. The molecule has 0 amide bonds. The van der Waals surface area contributed by atoms with E-state index in [0.29, 0.717) is 6.01 Å². The molecule has 0 unspecified atom stereocenters. The summed E-state index contributed by atoms with van der Waals surface area (Å²) in [7, 11) is 0. The van der Waals surface area contributed by atoms with Gasteiger partial charge in [0.25, 0.3) is 6.01 Å². The average Bonchev–Trinajstić information content (AvgIpc) is 3.06. The number of anilines is 1. The quantitative estimate of drug-likeness (QED) is 0.836. The van der Waals surface area contributed by atoms with Crippen LogP contribution in [0.4, 0.5) is 6.01 Å². The Morgan fingerprint density at radius 1 is 1.30 bits per heavy atom. The Labute approximate surface area is 133 Å². The molecular formula is C15H18N4O4. The van der Waals surface area contributed by atoms with Crippen molar-refractivity contribution in [2.45, 2.75) is 32.3 Å². The maximum Gasteiger partial charge on any atom is 0.373 e. The Bertz CT molecular complexity index is 617. The zero-order chi connectivity index (χ0) is 16.5. The van der Waals surface area contributed by atoms with Gasteiger partial charge >= 0.3 is 12.2 Å². The second-order valence-corrected chi connectivity index (χ2v) is 4.89. The molecular weight excluding hydrogens is 300 g/mol. The van der Waals surface area contributed by atoms with E-state index in [1.807, 2.05) is 0 Å². The van der Waals surface area contributed by atoms with Gasteiger partial charge in [0.2, 0.25) is 0 Å². The van der Waals surface area contributed by atoms with E-state index in [0.717, 1.165) is 44.1 Å². The van der Waals surface area contributed by atoms with Gasteiger partial charge in [-0.1, -0.05) is 6.92 Å². The van der Waals surface area contributed by atoms with Crippen LogP contribution in [-0.4, -0.2) is 40.3 Å². The fourth-order valence-electron chi connectivity index (χ4n) is 2.26.